The number of primary amides is 1. The van der Waals surface area contributed by atoms with Crippen LogP contribution in [-0.4, -0.2) is 113 Å². The molecule has 0 bridgehead atoms. The summed E-state index contributed by atoms with van der Waals surface area (Å²) in [6.45, 7) is 0.760. The summed E-state index contributed by atoms with van der Waals surface area (Å²) in [5.41, 5.74) is 2.63. The van der Waals surface area contributed by atoms with E-state index in [4.69, 9.17) is 5.73 Å². The third kappa shape index (κ3) is 4.48. The maximum Gasteiger partial charge on any atom is 0.255 e. The lowest BCUT2D eigenvalue weighted by molar-refractivity contribution is -0.153. The maximum absolute atomic E-state index is 14.1. The van der Waals surface area contributed by atoms with E-state index in [1.807, 2.05) is 11.9 Å². The molecule has 0 radical (unpaired) electrons. The number of carbonyl (C=O) groups is 4. The number of nitrogens with zero attached hydrogens (tertiary/aromatic N) is 3. The Balaban J connectivity index is 1.66. The van der Waals surface area contributed by atoms with E-state index in [2.05, 4.69) is 5.32 Å². The molecule has 1 saturated carbocycles. The predicted octanol–water partition coefficient (Wildman–Crippen LogP) is 0.453. The second kappa shape index (κ2) is 10.6. The van der Waals surface area contributed by atoms with E-state index in [-0.39, 0.29) is 35.6 Å². The number of hydrogen-bond donors (Lipinski definition) is 6. The third-order valence-electron chi connectivity index (χ3n) is 9.51. The number of phenols is 1. The number of hydrogen-bond acceptors (Lipinski definition) is 11. The third-order valence-corrected chi connectivity index (χ3v) is 9.51. The Morgan fingerprint density at radius 3 is 2.37 bits per heavy atom. The van der Waals surface area contributed by atoms with Gasteiger partial charge in [-0.05, 0) is 70.9 Å². The standard InChI is InChI=1S/C30H39N5O8/c1-33(2)18-12-16(32-29(42)17-8-6-7-9-35(17)5)23(36)20-14(18)10-13-11-15-22(34(3)4)25(38)21(28(31)41)27(40)30(15,43)26(39)19(13)24(20)37/h12-13,15,17,22,36-37,40,43H,6-11H2,1-5H3,(H2,31,41)(H,32,42)/t13?,15-,17?,22-,30-/m0/s1. The molecule has 1 aliphatic heterocycles. The number of Topliss-reactive ketones (excluding diaryl/α,β-unsaturated/α-hetero) is 2. The van der Waals surface area contributed by atoms with Gasteiger partial charge in [0.25, 0.3) is 5.91 Å². The highest BCUT2D eigenvalue weighted by Crippen LogP contribution is 2.54. The number of rotatable bonds is 5. The number of benzene rings is 1. The Morgan fingerprint density at radius 1 is 1.12 bits per heavy atom. The summed E-state index contributed by atoms with van der Waals surface area (Å²) in [5.74, 6) is -7.54. The number of likely N-dealkylation sites (N-methyl/N-ethyl adjacent to an activating group) is 2. The number of aliphatic hydroxyl groups excluding tert-OH is 2. The molecule has 4 aliphatic rings. The Bertz CT molecular complexity index is 1500. The smallest absolute Gasteiger partial charge is 0.255 e. The fourth-order valence-electron chi connectivity index (χ4n) is 7.41. The van der Waals surface area contributed by atoms with E-state index in [1.165, 1.54) is 4.90 Å². The van der Waals surface area contributed by atoms with Gasteiger partial charge in [-0.2, -0.15) is 0 Å². The number of aromatic hydroxyl groups is 1. The van der Waals surface area contributed by atoms with Gasteiger partial charge in [-0.3, -0.25) is 29.0 Å². The van der Waals surface area contributed by atoms with Crippen molar-refractivity contribution in [2.45, 2.75) is 49.8 Å². The summed E-state index contributed by atoms with van der Waals surface area (Å²) in [7, 11) is 8.50. The summed E-state index contributed by atoms with van der Waals surface area (Å²) in [5, 5.41) is 48.7. The summed E-state index contributed by atoms with van der Waals surface area (Å²) in [4.78, 5) is 58.0. The van der Waals surface area contributed by atoms with Crippen LogP contribution in [0.1, 0.15) is 36.8 Å². The topological polar surface area (TPSA) is 197 Å². The van der Waals surface area contributed by atoms with E-state index >= 15 is 0 Å². The SMILES string of the molecule is CN(C)c1cc(NC(=O)C2CCCCN2C)c(O)c2c1CC1C[C@H]3[C@H](N(C)C)C(=O)C(C(N)=O)=C(O)[C@@]3(O)C(=O)C1=C2O. The molecule has 13 nitrogen and oxygen atoms in total. The number of phenolic OH excluding ortho intramolecular Hbond substituents is 1. The van der Waals surface area contributed by atoms with Gasteiger partial charge in [0, 0.05) is 31.3 Å². The van der Waals surface area contributed by atoms with Crippen molar-refractivity contribution in [1.29, 1.82) is 0 Å². The van der Waals surface area contributed by atoms with E-state index in [0.29, 0.717) is 17.7 Å². The van der Waals surface area contributed by atoms with Crippen LogP contribution in [0.3, 0.4) is 0 Å². The molecule has 0 spiro atoms. The first-order valence-electron chi connectivity index (χ1n) is 14.3. The fraction of sp³-hybridized carbons (Fsp3) is 0.533. The minimum atomic E-state index is -2.72. The molecule has 2 unspecified atom stereocenters. The lowest BCUT2D eigenvalue weighted by atomic mass is 9.57. The highest BCUT2D eigenvalue weighted by atomic mass is 16.3. The number of nitrogens with two attached hydrogens (primary N) is 1. The molecular weight excluding hydrogens is 558 g/mol. The Morgan fingerprint density at radius 2 is 1.79 bits per heavy atom. The Kier molecular flexibility index (Phi) is 7.56. The number of carbonyl (C=O) groups excluding carboxylic acids is 4. The molecule has 2 amide bonds. The van der Waals surface area contributed by atoms with E-state index in [1.54, 1.807) is 39.2 Å². The van der Waals surface area contributed by atoms with Crippen molar-refractivity contribution in [2.75, 3.05) is 52.0 Å². The minimum Gasteiger partial charge on any atom is -0.508 e. The summed E-state index contributed by atoms with van der Waals surface area (Å²) in [6.07, 6.45) is 2.66. The van der Waals surface area contributed by atoms with Crippen molar-refractivity contribution in [2.24, 2.45) is 17.6 Å². The first-order chi connectivity index (χ1) is 20.1. The monoisotopic (exact) mass is 597 g/mol. The number of aliphatic hydroxyl groups is 3. The fourth-order valence-corrected chi connectivity index (χ4v) is 7.41. The van der Waals surface area contributed by atoms with Gasteiger partial charge < -0.3 is 36.4 Å². The maximum atomic E-state index is 14.1. The van der Waals surface area contributed by atoms with E-state index in [0.717, 1.165) is 19.4 Å². The summed E-state index contributed by atoms with van der Waals surface area (Å²) >= 11 is 0. The number of fused-ring (bicyclic) bond motifs is 3. The minimum absolute atomic E-state index is 0.00804. The van der Waals surface area contributed by atoms with Crippen LogP contribution in [-0.2, 0) is 25.6 Å². The zero-order valence-electron chi connectivity index (χ0n) is 25.0. The number of likely N-dealkylation sites (tertiary alicyclic amines) is 1. The van der Waals surface area contributed by atoms with Crippen LogP contribution in [0, 0.1) is 11.8 Å². The van der Waals surface area contributed by atoms with Gasteiger partial charge in [0.2, 0.25) is 11.7 Å². The molecule has 5 rings (SSSR count). The highest BCUT2D eigenvalue weighted by molar-refractivity contribution is 6.24. The van der Waals surface area contributed by atoms with Crippen LogP contribution in [0.2, 0.25) is 0 Å². The molecule has 1 heterocycles. The predicted molar refractivity (Wildman–Crippen MR) is 157 cm³/mol. The number of anilines is 2. The Hall–Kier alpha value is -3.94. The second-order valence-electron chi connectivity index (χ2n) is 12.5. The lowest BCUT2D eigenvalue weighted by Crippen LogP contribution is -2.65. The molecule has 0 aromatic heterocycles. The van der Waals surface area contributed by atoms with Crippen LogP contribution in [0.15, 0.2) is 23.0 Å². The van der Waals surface area contributed by atoms with E-state index in [9.17, 15) is 39.6 Å². The van der Waals surface area contributed by atoms with Crippen LogP contribution in [0.4, 0.5) is 11.4 Å². The number of piperidine rings is 1. The second-order valence-corrected chi connectivity index (χ2v) is 12.5. The number of amides is 2. The molecule has 5 atom stereocenters. The number of nitrogens with one attached hydrogen (secondary N) is 1. The van der Waals surface area contributed by atoms with Gasteiger partial charge in [-0.25, -0.2) is 0 Å². The quantitative estimate of drug-likeness (QED) is 0.204. The van der Waals surface area contributed by atoms with Crippen LogP contribution < -0.4 is 16.0 Å². The zero-order chi connectivity index (χ0) is 31.7. The molecule has 7 N–H and O–H groups in total. The van der Waals surface area contributed by atoms with Gasteiger partial charge in [-0.1, -0.05) is 6.42 Å². The van der Waals surface area contributed by atoms with Crippen molar-refractivity contribution < 1.29 is 39.6 Å². The molecule has 1 aromatic rings. The molecule has 1 aromatic carbocycles. The van der Waals surface area contributed by atoms with Crippen LogP contribution in [0.25, 0.3) is 5.76 Å². The van der Waals surface area contributed by atoms with Crippen LogP contribution >= 0.6 is 0 Å². The van der Waals surface area contributed by atoms with Gasteiger partial charge >= 0.3 is 0 Å². The average molecular weight is 598 g/mol. The zero-order valence-corrected chi connectivity index (χ0v) is 25.0. The Labute approximate surface area is 249 Å². The highest BCUT2D eigenvalue weighted by Gasteiger charge is 2.64. The first kappa shape index (κ1) is 30.5. The summed E-state index contributed by atoms with van der Waals surface area (Å²) in [6, 6.07) is 0.0613. The van der Waals surface area contributed by atoms with Crippen molar-refractivity contribution in [1.82, 2.24) is 9.80 Å². The molecule has 2 fully saturated rings. The van der Waals surface area contributed by atoms with Gasteiger partial charge in [0.15, 0.2) is 11.4 Å². The van der Waals surface area contributed by atoms with Gasteiger partial charge in [0.05, 0.1) is 23.3 Å². The van der Waals surface area contributed by atoms with Crippen molar-refractivity contribution in [3.05, 3.63) is 34.1 Å². The van der Waals surface area contributed by atoms with Gasteiger partial charge in [0.1, 0.15) is 22.8 Å². The van der Waals surface area contributed by atoms with E-state index < -0.39 is 69.8 Å². The normalized spacial score (nSPS) is 29.3. The molecule has 13 heteroatoms. The average Bonchev–Trinajstić information content (AvgIpc) is 2.91. The van der Waals surface area contributed by atoms with Crippen molar-refractivity contribution in [3.8, 4) is 5.75 Å². The lowest BCUT2D eigenvalue weighted by Gasteiger charge is -2.50. The molecular formula is C30H39N5O8. The first-order valence-corrected chi connectivity index (χ1v) is 14.3. The molecule has 232 valence electrons. The summed E-state index contributed by atoms with van der Waals surface area (Å²) < 4.78 is 0. The van der Waals surface area contributed by atoms with Crippen molar-refractivity contribution >= 4 is 40.5 Å². The molecule has 43 heavy (non-hydrogen) atoms. The number of ketones is 2. The largest absolute Gasteiger partial charge is 0.508 e. The van der Waals surface area contributed by atoms with Crippen LogP contribution in [0.5, 0.6) is 5.75 Å². The van der Waals surface area contributed by atoms with Gasteiger partial charge in [-0.15, -0.1) is 0 Å². The molecule has 1 saturated heterocycles. The molecule has 3 aliphatic carbocycles. The van der Waals surface area contributed by atoms with Crippen molar-refractivity contribution in [3.63, 3.8) is 0 Å².